The molecular weight excluding hydrogens is 169 g/mol. The smallest absolute Gasteiger partial charge is 0.138 e. The molecule has 0 saturated carbocycles. The van der Waals surface area contributed by atoms with Gasteiger partial charge >= 0.3 is 0 Å². The van der Waals surface area contributed by atoms with Crippen LogP contribution in [0.5, 0.6) is 0 Å². The first kappa shape index (κ1) is 8.26. The molecule has 0 aliphatic carbocycles. The Morgan fingerprint density at radius 2 is 2.23 bits per heavy atom. The van der Waals surface area contributed by atoms with Crippen LogP contribution in [0.3, 0.4) is 0 Å². The number of methoxy groups -OCH3 is 1. The molecule has 2 rings (SSSR count). The highest BCUT2D eigenvalue weighted by Gasteiger charge is 2.06. The number of halogens is 1. The zero-order valence-corrected chi connectivity index (χ0v) is 7.30. The third-order valence-corrected chi connectivity index (χ3v) is 2.05. The zero-order valence-electron chi connectivity index (χ0n) is 7.30. The second kappa shape index (κ2) is 3.18. The van der Waals surface area contributed by atoms with E-state index in [1.54, 1.807) is 25.4 Å². The Morgan fingerprint density at radius 1 is 1.38 bits per heavy atom. The molecule has 0 unspecified atom stereocenters. The average Bonchev–Trinajstić information content (AvgIpc) is 2.58. The number of benzene rings is 1. The lowest BCUT2D eigenvalue weighted by molar-refractivity contribution is 0.181. The molecule has 0 bridgehead atoms. The van der Waals surface area contributed by atoms with Crippen molar-refractivity contribution >= 4 is 10.9 Å². The Kier molecular flexibility index (Phi) is 2.02. The van der Waals surface area contributed by atoms with Crippen LogP contribution in [0.4, 0.5) is 4.39 Å². The summed E-state index contributed by atoms with van der Waals surface area (Å²) in [4.78, 5) is 2.95. The van der Waals surface area contributed by atoms with E-state index in [0.717, 1.165) is 5.52 Å². The summed E-state index contributed by atoms with van der Waals surface area (Å²) >= 11 is 0. The summed E-state index contributed by atoms with van der Waals surface area (Å²) in [6.45, 7) is 0.312. The molecule has 0 saturated heterocycles. The molecule has 3 heteroatoms. The minimum absolute atomic E-state index is 0.194. The fraction of sp³-hybridized carbons (Fsp3) is 0.200. The van der Waals surface area contributed by atoms with Gasteiger partial charge in [0.25, 0.3) is 0 Å². The molecule has 0 amide bonds. The van der Waals surface area contributed by atoms with E-state index in [4.69, 9.17) is 4.74 Å². The standard InChI is InChI=1S/C10H10FNO/c1-13-6-7-2-3-9-8(10(7)11)4-5-12-9/h2-5,12H,6H2,1H3. The van der Waals surface area contributed by atoms with Crippen molar-refractivity contribution in [1.82, 2.24) is 4.98 Å². The van der Waals surface area contributed by atoms with Crippen LogP contribution in [0.2, 0.25) is 0 Å². The summed E-state index contributed by atoms with van der Waals surface area (Å²) < 4.78 is 18.5. The third kappa shape index (κ3) is 1.31. The van der Waals surface area contributed by atoms with Crippen LogP contribution < -0.4 is 0 Å². The van der Waals surface area contributed by atoms with Crippen LogP contribution in [0.25, 0.3) is 10.9 Å². The summed E-state index contributed by atoms with van der Waals surface area (Å²) in [5.41, 5.74) is 1.41. The monoisotopic (exact) mass is 179 g/mol. The predicted molar refractivity (Wildman–Crippen MR) is 49.0 cm³/mol. The Morgan fingerprint density at radius 3 is 3.00 bits per heavy atom. The van der Waals surface area contributed by atoms with E-state index in [1.165, 1.54) is 0 Å². The van der Waals surface area contributed by atoms with Gasteiger partial charge in [-0.25, -0.2) is 4.39 Å². The summed E-state index contributed by atoms with van der Waals surface area (Å²) in [6, 6.07) is 5.31. The number of hydrogen-bond acceptors (Lipinski definition) is 1. The molecule has 2 aromatic rings. The maximum atomic E-state index is 13.6. The molecule has 0 spiro atoms. The van der Waals surface area contributed by atoms with Crippen molar-refractivity contribution in [2.45, 2.75) is 6.61 Å². The molecule has 1 aromatic heterocycles. The molecular formula is C10H10FNO. The van der Waals surface area contributed by atoms with Crippen molar-refractivity contribution < 1.29 is 9.13 Å². The van der Waals surface area contributed by atoms with Crippen LogP contribution >= 0.6 is 0 Å². The lowest BCUT2D eigenvalue weighted by Crippen LogP contribution is -1.92. The van der Waals surface area contributed by atoms with E-state index in [9.17, 15) is 4.39 Å². The third-order valence-electron chi connectivity index (χ3n) is 2.05. The first-order valence-corrected chi connectivity index (χ1v) is 4.06. The molecule has 13 heavy (non-hydrogen) atoms. The Labute approximate surface area is 75.3 Å². The number of ether oxygens (including phenoxy) is 1. The van der Waals surface area contributed by atoms with Gasteiger partial charge in [0, 0.05) is 29.8 Å². The van der Waals surface area contributed by atoms with E-state index in [2.05, 4.69) is 4.98 Å². The molecule has 0 fully saturated rings. The van der Waals surface area contributed by atoms with Gasteiger partial charge in [-0.05, 0) is 12.1 Å². The molecule has 0 aliphatic heterocycles. The van der Waals surface area contributed by atoms with Gasteiger partial charge in [-0.2, -0.15) is 0 Å². The van der Waals surface area contributed by atoms with Crippen molar-refractivity contribution in [3.05, 3.63) is 35.8 Å². The number of fused-ring (bicyclic) bond motifs is 1. The van der Waals surface area contributed by atoms with Crippen molar-refractivity contribution in [2.24, 2.45) is 0 Å². The minimum atomic E-state index is -0.194. The topological polar surface area (TPSA) is 25.0 Å². The SMILES string of the molecule is COCc1ccc2[nH]ccc2c1F. The summed E-state index contributed by atoms with van der Waals surface area (Å²) in [5, 5.41) is 0.620. The van der Waals surface area contributed by atoms with Crippen molar-refractivity contribution in [3.8, 4) is 0 Å². The highest BCUT2D eigenvalue weighted by atomic mass is 19.1. The number of nitrogens with one attached hydrogen (secondary N) is 1. The molecule has 0 radical (unpaired) electrons. The molecule has 1 heterocycles. The molecule has 0 aliphatic rings. The molecule has 0 atom stereocenters. The summed E-state index contributed by atoms with van der Waals surface area (Å²) in [5.74, 6) is -0.194. The van der Waals surface area contributed by atoms with Crippen LogP contribution in [-0.4, -0.2) is 12.1 Å². The number of H-pyrrole nitrogens is 1. The number of rotatable bonds is 2. The van der Waals surface area contributed by atoms with Crippen LogP contribution in [-0.2, 0) is 11.3 Å². The Bertz CT molecular complexity index is 422. The molecule has 1 N–H and O–H groups in total. The highest BCUT2D eigenvalue weighted by molar-refractivity contribution is 5.80. The summed E-state index contributed by atoms with van der Waals surface area (Å²) in [7, 11) is 1.56. The number of aromatic amines is 1. The zero-order chi connectivity index (χ0) is 9.26. The van der Waals surface area contributed by atoms with Gasteiger partial charge < -0.3 is 9.72 Å². The summed E-state index contributed by atoms with van der Waals surface area (Å²) in [6.07, 6.45) is 1.73. The van der Waals surface area contributed by atoms with E-state index >= 15 is 0 Å². The molecule has 1 aromatic carbocycles. The molecule has 68 valence electrons. The normalized spacial score (nSPS) is 10.9. The van der Waals surface area contributed by atoms with Crippen LogP contribution in [0.15, 0.2) is 24.4 Å². The second-order valence-corrected chi connectivity index (χ2v) is 2.91. The first-order valence-electron chi connectivity index (χ1n) is 4.06. The number of hydrogen-bond donors (Lipinski definition) is 1. The highest BCUT2D eigenvalue weighted by Crippen LogP contribution is 2.20. The fourth-order valence-electron chi connectivity index (χ4n) is 1.41. The largest absolute Gasteiger partial charge is 0.380 e. The van der Waals surface area contributed by atoms with E-state index in [-0.39, 0.29) is 5.82 Å². The Hall–Kier alpha value is -1.35. The van der Waals surface area contributed by atoms with Crippen LogP contribution in [0.1, 0.15) is 5.56 Å². The van der Waals surface area contributed by atoms with Gasteiger partial charge in [-0.15, -0.1) is 0 Å². The minimum Gasteiger partial charge on any atom is -0.380 e. The van der Waals surface area contributed by atoms with Crippen molar-refractivity contribution in [2.75, 3.05) is 7.11 Å². The molecule has 2 nitrogen and oxygen atoms in total. The van der Waals surface area contributed by atoms with Gasteiger partial charge in [0.15, 0.2) is 0 Å². The Balaban J connectivity index is 2.59. The first-order chi connectivity index (χ1) is 6.33. The van der Waals surface area contributed by atoms with E-state index in [0.29, 0.717) is 17.6 Å². The van der Waals surface area contributed by atoms with E-state index < -0.39 is 0 Å². The van der Waals surface area contributed by atoms with Gasteiger partial charge in [-0.1, -0.05) is 6.07 Å². The van der Waals surface area contributed by atoms with Crippen molar-refractivity contribution in [1.29, 1.82) is 0 Å². The fourth-order valence-corrected chi connectivity index (χ4v) is 1.41. The van der Waals surface area contributed by atoms with E-state index in [1.807, 2.05) is 6.07 Å². The number of aromatic nitrogens is 1. The average molecular weight is 179 g/mol. The van der Waals surface area contributed by atoms with Gasteiger partial charge in [0.2, 0.25) is 0 Å². The lowest BCUT2D eigenvalue weighted by Gasteiger charge is -2.01. The van der Waals surface area contributed by atoms with Crippen molar-refractivity contribution in [3.63, 3.8) is 0 Å². The maximum Gasteiger partial charge on any atom is 0.138 e. The maximum absolute atomic E-state index is 13.6. The van der Waals surface area contributed by atoms with Crippen LogP contribution in [0, 0.1) is 5.82 Å². The lowest BCUT2D eigenvalue weighted by atomic mass is 10.1. The van der Waals surface area contributed by atoms with Gasteiger partial charge in [-0.3, -0.25) is 0 Å². The quantitative estimate of drug-likeness (QED) is 0.752. The predicted octanol–water partition coefficient (Wildman–Crippen LogP) is 2.45. The second-order valence-electron chi connectivity index (χ2n) is 2.91. The van der Waals surface area contributed by atoms with Gasteiger partial charge in [0.05, 0.1) is 6.61 Å². The van der Waals surface area contributed by atoms with Gasteiger partial charge in [0.1, 0.15) is 5.82 Å².